The van der Waals surface area contributed by atoms with Crippen LogP contribution < -0.4 is 5.73 Å². The number of piperidine rings is 1. The molecule has 0 aliphatic carbocycles. The molecular formula is C15H22FN3. The summed E-state index contributed by atoms with van der Waals surface area (Å²) in [6, 6.07) is 4.82. The number of nitrogen functional groups attached to an aromatic ring is 1. The van der Waals surface area contributed by atoms with E-state index in [0.29, 0.717) is 23.1 Å². The number of likely N-dealkylation sites (tertiary alicyclic amines) is 1. The summed E-state index contributed by atoms with van der Waals surface area (Å²) in [4.78, 5) is 2.30. The Balaban J connectivity index is 2.09. The van der Waals surface area contributed by atoms with Gasteiger partial charge in [-0.05, 0) is 30.9 Å². The maximum atomic E-state index is 14.0. The SMILES string of the molecule is CC1(C)CCCN(Cc2ccc(C(=N)N)cc2F)C1. The minimum Gasteiger partial charge on any atom is -0.384 e. The van der Waals surface area contributed by atoms with Gasteiger partial charge in [0.25, 0.3) is 0 Å². The summed E-state index contributed by atoms with van der Waals surface area (Å²) in [6.45, 7) is 7.18. The minimum atomic E-state index is -0.268. The second kappa shape index (κ2) is 5.29. The summed E-state index contributed by atoms with van der Waals surface area (Å²) in [5.41, 5.74) is 6.80. The van der Waals surface area contributed by atoms with E-state index in [1.165, 1.54) is 18.9 Å². The molecule has 1 fully saturated rings. The van der Waals surface area contributed by atoms with Gasteiger partial charge in [-0.15, -0.1) is 0 Å². The first-order chi connectivity index (χ1) is 8.87. The number of nitrogens with two attached hydrogens (primary N) is 1. The molecule has 1 aromatic carbocycles. The van der Waals surface area contributed by atoms with E-state index in [-0.39, 0.29) is 11.7 Å². The second-order valence-electron chi connectivity index (χ2n) is 6.20. The minimum absolute atomic E-state index is 0.0930. The summed E-state index contributed by atoms with van der Waals surface area (Å²) < 4.78 is 14.0. The van der Waals surface area contributed by atoms with E-state index in [1.807, 2.05) is 0 Å². The molecule has 1 saturated heterocycles. The summed E-state index contributed by atoms with van der Waals surface area (Å²) in [6.07, 6.45) is 2.40. The number of nitrogens with one attached hydrogen (secondary N) is 1. The molecule has 104 valence electrons. The van der Waals surface area contributed by atoms with Crippen molar-refractivity contribution >= 4 is 5.84 Å². The van der Waals surface area contributed by atoms with Crippen LogP contribution in [0.2, 0.25) is 0 Å². The van der Waals surface area contributed by atoms with Gasteiger partial charge in [0.15, 0.2) is 0 Å². The van der Waals surface area contributed by atoms with Gasteiger partial charge in [0.1, 0.15) is 11.7 Å². The van der Waals surface area contributed by atoms with Crippen molar-refractivity contribution < 1.29 is 4.39 Å². The van der Waals surface area contributed by atoms with Crippen LogP contribution in [-0.2, 0) is 6.54 Å². The van der Waals surface area contributed by atoms with Crippen LogP contribution in [0.25, 0.3) is 0 Å². The summed E-state index contributed by atoms with van der Waals surface area (Å²) in [7, 11) is 0. The molecule has 0 aromatic heterocycles. The van der Waals surface area contributed by atoms with Crippen molar-refractivity contribution in [3.05, 3.63) is 35.1 Å². The first-order valence-corrected chi connectivity index (χ1v) is 6.73. The van der Waals surface area contributed by atoms with Gasteiger partial charge < -0.3 is 5.73 Å². The molecule has 1 aliphatic heterocycles. The number of hydrogen-bond acceptors (Lipinski definition) is 2. The lowest BCUT2D eigenvalue weighted by Gasteiger charge is -2.38. The molecule has 0 atom stereocenters. The van der Waals surface area contributed by atoms with E-state index in [0.717, 1.165) is 13.1 Å². The Kier molecular flexibility index (Phi) is 3.90. The van der Waals surface area contributed by atoms with E-state index in [2.05, 4.69) is 18.7 Å². The zero-order valence-electron chi connectivity index (χ0n) is 11.7. The average molecular weight is 263 g/mol. The highest BCUT2D eigenvalue weighted by atomic mass is 19.1. The highest BCUT2D eigenvalue weighted by Crippen LogP contribution is 2.29. The van der Waals surface area contributed by atoms with Gasteiger partial charge in [-0.25, -0.2) is 4.39 Å². The number of benzene rings is 1. The van der Waals surface area contributed by atoms with Crippen LogP contribution in [0.3, 0.4) is 0 Å². The second-order valence-corrected chi connectivity index (χ2v) is 6.20. The molecule has 0 unspecified atom stereocenters. The van der Waals surface area contributed by atoms with Gasteiger partial charge in [0.05, 0.1) is 0 Å². The highest BCUT2D eigenvalue weighted by Gasteiger charge is 2.26. The number of rotatable bonds is 3. The van der Waals surface area contributed by atoms with Crippen molar-refractivity contribution in [3.63, 3.8) is 0 Å². The van der Waals surface area contributed by atoms with E-state index in [1.54, 1.807) is 12.1 Å². The standard InChI is InChI=1S/C15H22FN3/c1-15(2)6-3-7-19(10-15)9-12-5-4-11(14(17)18)8-13(12)16/h4-5,8H,3,6-7,9-10H2,1-2H3,(H3,17,18). The highest BCUT2D eigenvalue weighted by molar-refractivity contribution is 5.94. The Bertz CT molecular complexity index is 482. The van der Waals surface area contributed by atoms with Crippen molar-refractivity contribution in [1.82, 2.24) is 4.90 Å². The molecule has 2 rings (SSSR count). The fourth-order valence-electron chi connectivity index (χ4n) is 2.76. The molecule has 0 radical (unpaired) electrons. The first kappa shape index (κ1) is 14.0. The summed E-state index contributed by atoms with van der Waals surface area (Å²) in [5, 5.41) is 7.31. The van der Waals surface area contributed by atoms with E-state index in [9.17, 15) is 4.39 Å². The van der Waals surface area contributed by atoms with Crippen LogP contribution >= 0.6 is 0 Å². The number of nitrogens with zero attached hydrogens (tertiary/aromatic N) is 1. The quantitative estimate of drug-likeness (QED) is 0.651. The fraction of sp³-hybridized carbons (Fsp3) is 0.533. The smallest absolute Gasteiger partial charge is 0.128 e. The summed E-state index contributed by atoms with van der Waals surface area (Å²) in [5.74, 6) is -0.361. The summed E-state index contributed by atoms with van der Waals surface area (Å²) >= 11 is 0. The maximum absolute atomic E-state index is 14.0. The Labute approximate surface area is 114 Å². The van der Waals surface area contributed by atoms with Crippen LogP contribution in [0, 0.1) is 16.6 Å². The Hall–Kier alpha value is -1.42. The molecule has 0 amide bonds. The predicted octanol–water partition coefficient (Wildman–Crippen LogP) is 2.73. The van der Waals surface area contributed by atoms with Crippen molar-refractivity contribution in [2.45, 2.75) is 33.2 Å². The third-order valence-electron chi connectivity index (χ3n) is 3.74. The van der Waals surface area contributed by atoms with Gasteiger partial charge in [0.2, 0.25) is 0 Å². The van der Waals surface area contributed by atoms with Gasteiger partial charge >= 0.3 is 0 Å². The van der Waals surface area contributed by atoms with Crippen molar-refractivity contribution in [1.29, 1.82) is 5.41 Å². The largest absolute Gasteiger partial charge is 0.384 e. The molecule has 3 nitrogen and oxygen atoms in total. The Morgan fingerprint density at radius 3 is 2.79 bits per heavy atom. The lowest BCUT2D eigenvalue weighted by Crippen LogP contribution is -2.39. The monoisotopic (exact) mass is 263 g/mol. The van der Waals surface area contributed by atoms with E-state index >= 15 is 0 Å². The van der Waals surface area contributed by atoms with Crippen LogP contribution in [0.4, 0.5) is 4.39 Å². The van der Waals surface area contributed by atoms with Gasteiger partial charge in [-0.1, -0.05) is 26.0 Å². The molecule has 3 N–H and O–H groups in total. The van der Waals surface area contributed by atoms with Crippen LogP contribution in [0.15, 0.2) is 18.2 Å². The van der Waals surface area contributed by atoms with Crippen molar-refractivity contribution in [2.75, 3.05) is 13.1 Å². The van der Waals surface area contributed by atoms with Crippen LogP contribution in [0.1, 0.15) is 37.8 Å². The average Bonchev–Trinajstić information content (AvgIpc) is 2.30. The fourth-order valence-corrected chi connectivity index (χ4v) is 2.76. The van der Waals surface area contributed by atoms with Crippen molar-refractivity contribution in [2.24, 2.45) is 11.1 Å². The van der Waals surface area contributed by atoms with Gasteiger partial charge in [0, 0.05) is 24.2 Å². The molecule has 0 spiro atoms. The molecule has 1 aliphatic rings. The molecule has 0 bridgehead atoms. The van der Waals surface area contributed by atoms with E-state index < -0.39 is 0 Å². The predicted molar refractivity (Wildman–Crippen MR) is 75.7 cm³/mol. The normalized spacial score (nSPS) is 19.3. The molecule has 0 saturated carbocycles. The molecular weight excluding hydrogens is 241 g/mol. The maximum Gasteiger partial charge on any atom is 0.128 e. The zero-order valence-corrected chi connectivity index (χ0v) is 11.7. The van der Waals surface area contributed by atoms with Crippen LogP contribution in [0.5, 0.6) is 0 Å². The molecule has 1 aromatic rings. The Morgan fingerprint density at radius 1 is 1.47 bits per heavy atom. The number of hydrogen-bond donors (Lipinski definition) is 2. The Morgan fingerprint density at radius 2 is 2.21 bits per heavy atom. The van der Waals surface area contributed by atoms with Crippen molar-refractivity contribution in [3.8, 4) is 0 Å². The molecule has 4 heteroatoms. The van der Waals surface area contributed by atoms with Gasteiger partial charge in [-0.3, -0.25) is 10.3 Å². The topological polar surface area (TPSA) is 53.1 Å². The number of amidine groups is 1. The third kappa shape index (κ3) is 3.53. The lowest BCUT2D eigenvalue weighted by atomic mass is 9.84. The zero-order chi connectivity index (χ0) is 14.0. The van der Waals surface area contributed by atoms with E-state index in [4.69, 9.17) is 11.1 Å². The van der Waals surface area contributed by atoms with Gasteiger partial charge in [-0.2, -0.15) is 0 Å². The molecule has 1 heterocycles. The number of halogens is 1. The molecule has 19 heavy (non-hydrogen) atoms. The lowest BCUT2D eigenvalue weighted by molar-refractivity contribution is 0.110. The first-order valence-electron chi connectivity index (χ1n) is 6.73. The van der Waals surface area contributed by atoms with Crippen LogP contribution in [-0.4, -0.2) is 23.8 Å². The third-order valence-corrected chi connectivity index (χ3v) is 3.74.